The van der Waals surface area contributed by atoms with Gasteiger partial charge in [0.25, 0.3) is 0 Å². The third-order valence-corrected chi connectivity index (χ3v) is 5.60. The molecule has 0 saturated carbocycles. The van der Waals surface area contributed by atoms with Gasteiger partial charge in [-0.15, -0.1) is 0 Å². The van der Waals surface area contributed by atoms with Crippen LogP contribution in [0.4, 0.5) is 0 Å². The standard InChI is InChI=1S/C26H23N3OS/c30-25(27-17-16-20-10-4-1-5-11-20)19-31-26-28-23(21-12-6-2-7-13-21)18-24(29-26)22-14-8-3-9-15-22/h1-15,18H,16-17,19H2,(H,27,30). The smallest absolute Gasteiger partial charge is 0.230 e. The minimum absolute atomic E-state index is 0.0177. The van der Waals surface area contributed by atoms with E-state index in [0.29, 0.717) is 11.7 Å². The zero-order chi connectivity index (χ0) is 21.3. The van der Waals surface area contributed by atoms with Gasteiger partial charge in [-0.3, -0.25) is 4.79 Å². The second-order valence-electron chi connectivity index (χ2n) is 7.03. The Labute approximate surface area is 186 Å². The number of rotatable bonds is 8. The summed E-state index contributed by atoms with van der Waals surface area (Å²) in [6.45, 7) is 0.615. The topological polar surface area (TPSA) is 54.9 Å². The van der Waals surface area contributed by atoms with Crippen molar-refractivity contribution in [2.75, 3.05) is 12.3 Å². The first-order valence-corrected chi connectivity index (χ1v) is 11.2. The Morgan fingerprint density at radius 2 is 1.26 bits per heavy atom. The van der Waals surface area contributed by atoms with Gasteiger partial charge in [0.2, 0.25) is 5.91 Å². The lowest BCUT2D eigenvalue weighted by atomic mass is 10.1. The van der Waals surface area contributed by atoms with Crippen LogP contribution in [0.2, 0.25) is 0 Å². The van der Waals surface area contributed by atoms with Crippen LogP contribution in [0.25, 0.3) is 22.5 Å². The zero-order valence-corrected chi connectivity index (χ0v) is 17.9. The Morgan fingerprint density at radius 1 is 0.742 bits per heavy atom. The van der Waals surface area contributed by atoms with Gasteiger partial charge in [0.05, 0.1) is 17.1 Å². The molecule has 4 rings (SSSR count). The van der Waals surface area contributed by atoms with E-state index in [1.165, 1.54) is 17.3 Å². The highest BCUT2D eigenvalue weighted by molar-refractivity contribution is 7.99. The van der Waals surface area contributed by atoms with Crippen LogP contribution < -0.4 is 5.32 Å². The molecule has 1 N–H and O–H groups in total. The van der Waals surface area contributed by atoms with Crippen molar-refractivity contribution in [1.82, 2.24) is 15.3 Å². The second-order valence-corrected chi connectivity index (χ2v) is 7.97. The molecule has 1 amide bonds. The molecule has 0 fully saturated rings. The molecule has 0 bridgehead atoms. The molecule has 0 aliphatic carbocycles. The summed E-state index contributed by atoms with van der Waals surface area (Å²) in [5.74, 6) is 0.261. The van der Waals surface area contributed by atoms with Gasteiger partial charge in [-0.2, -0.15) is 0 Å². The van der Waals surface area contributed by atoms with Crippen molar-refractivity contribution < 1.29 is 4.79 Å². The SMILES string of the molecule is O=C(CSc1nc(-c2ccccc2)cc(-c2ccccc2)n1)NCCc1ccccc1. The van der Waals surface area contributed by atoms with E-state index in [2.05, 4.69) is 17.4 Å². The lowest BCUT2D eigenvalue weighted by Crippen LogP contribution is -2.27. The molecule has 0 aliphatic heterocycles. The Bertz CT molecular complexity index is 1060. The van der Waals surface area contributed by atoms with Crippen molar-refractivity contribution >= 4 is 17.7 Å². The van der Waals surface area contributed by atoms with E-state index >= 15 is 0 Å². The molecule has 3 aromatic carbocycles. The maximum atomic E-state index is 12.3. The molecule has 4 nitrogen and oxygen atoms in total. The largest absolute Gasteiger partial charge is 0.355 e. The number of carbonyl (C=O) groups excluding carboxylic acids is 1. The minimum Gasteiger partial charge on any atom is -0.355 e. The highest BCUT2D eigenvalue weighted by atomic mass is 32.2. The Morgan fingerprint density at radius 3 is 1.81 bits per heavy atom. The van der Waals surface area contributed by atoms with Crippen molar-refractivity contribution in [2.45, 2.75) is 11.6 Å². The van der Waals surface area contributed by atoms with Gasteiger partial charge < -0.3 is 5.32 Å². The summed E-state index contributed by atoms with van der Waals surface area (Å²) < 4.78 is 0. The van der Waals surface area contributed by atoms with Crippen LogP contribution in [0.1, 0.15) is 5.56 Å². The maximum absolute atomic E-state index is 12.3. The molecule has 0 spiro atoms. The number of nitrogens with one attached hydrogen (secondary N) is 1. The predicted octanol–water partition coefficient (Wildman–Crippen LogP) is 5.26. The first kappa shape index (κ1) is 20.8. The number of amides is 1. The number of hydrogen-bond donors (Lipinski definition) is 1. The monoisotopic (exact) mass is 425 g/mol. The van der Waals surface area contributed by atoms with Crippen molar-refractivity contribution in [2.24, 2.45) is 0 Å². The van der Waals surface area contributed by atoms with Gasteiger partial charge in [-0.1, -0.05) is 103 Å². The highest BCUT2D eigenvalue weighted by Gasteiger charge is 2.11. The highest BCUT2D eigenvalue weighted by Crippen LogP contribution is 2.26. The van der Waals surface area contributed by atoms with Gasteiger partial charge in [-0.05, 0) is 18.1 Å². The van der Waals surface area contributed by atoms with Crippen molar-refractivity contribution in [3.8, 4) is 22.5 Å². The fraction of sp³-hybridized carbons (Fsp3) is 0.115. The second kappa shape index (κ2) is 10.5. The zero-order valence-electron chi connectivity index (χ0n) is 17.1. The Balaban J connectivity index is 1.45. The van der Waals surface area contributed by atoms with Gasteiger partial charge in [0, 0.05) is 17.7 Å². The summed E-state index contributed by atoms with van der Waals surface area (Å²) in [4.78, 5) is 21.7. The molecule has 1 aromatic heterocycles. The molecule has 1 heterocycles. The fourth-order valence-electron chi connectivity index (χ4n) is 3.18. The van der Waals surface area contributed by atoms with Crippen LogP contribution in [0.3, 0.4) is 0 Å². The van der Waals surface area contributed by atoms with E-state index in [1.807, 2.05) is 84.9 Å². The lowest BCUT2D eigenvalue weighted by Gasteiger charge is -2.09. The summed E-state index contributed by atoms with van der Waals surface area (Å²) in [6.07, 6.45) is 0.815. The Hall–Kier alpha value is -3.44. The molecule has 5 heteroatoms. The maximum Gasteiger partial charge on any atom is 0.230 e. The Kier molecular flexibility index (Phi) is 7.08. The number of aromatic nitrogens is 2. The number of hydrogen-bond acceptors (Lipinski definition) is 4. The summed E-state index contributed by atoms with van der Waals surface area (Å²) >= 11 is 1.36. The summed E-state index contributed by atoms with van der Waals surface area (Å²) in [5.41, 5.74) is 4.96. The lowest BCUT2D eigenvalue weighted by molar-refractivity contribution is -0.118. The molecular formula is C26H23N3OS. The summed E-state index contributed by atoms with van der Waals surface area (Å²) in [7, 11) is 0. The quantitative estimate of drug-likeness (QED) is 0.309. The van der Waals surface area contributed by atoms with E-state index in [-0.39, 0.29) is 11.7 Å². The van der Waals surface area contributed by atoms with Crippen LogP contribution in [0, 0.1) is 0 Å². The number of benzene rings is 3. The van der Waals surface area contributed by atoms with E-state index in [4.69, 9.17) is 9.97 Å². The van der Waals surface area contributed by atoms with E-state index < -0.39 is 0 Å². The molecule has 0 atom stereocenters. The van der Waals surface area contributed by atoms with Gasteiger partial charge in [0.15, 0.2) is 5.16 Å². The van der Waals surface area contributed by atoms with Gasteiger partial charge >= 0.3 is 0 Å². The normalized spacial score (nSPS) is 10.6. The van der Waals surface area contributed by atoms with E-state index in [9.17, 15) is 4.79 Å². The van der Waals surface area contributed by atoms with Crippen molar-refractivity contribution in [1.29, 1.82) is 0 Å². The molecule has 0 aliphatic rings. The molecule has 4 aromatic rings. The van der Waals surface area contributed by atoms with E-state index in [1.54, 1.807) is 0 Å². The van der Waals surface area contributed by atoms with E-state index in [0.717, 1.165) is 28.9 Å². The average Bonchev–Trinajstić information content (AvgIpc) is 2.84. The molecule has 0 saturated heterocycles. The third kappa shape index (κ3) is 6.03. The van der Waals surface area contributed by atoms with Crippen LogP contribution >= 0.6 is 11.8 Å². The molecule has 0 unspecified atom stereocenters. The van der Waals surface area contributed by atoms with Gasteiger partial charge in [-0.25, -0.2) is 9.97 Å². The average molecular weight is 426 g/mol. The molecule has 154 valence electrons. The number of carbonyl (C=O) groups is 1. The first-order chi connectivity index (χ1) is 15.3. The van der Waals surface area contributed by atoms with Crippen molar-refractivity contribution in [3.63, 3.8) is 0 Å². The summed E-state index contributed by atoms with van der Waals surface area (Å²) in [5, 5.41) is 3.57. The van der Waals surface area contributed by atoms with Crippen LogP contribution in [0.15, 0.2) is 102 Å². The van der Waals surface area contributed by atoms with Crippen LogP contribution in [-0.4, -0.2) is 28.2 Å². The van der Waals surface area contributed by atoms with Crippen LogP contribution in [0.5, 0.6) is 0 Å². The molecule has 0 radical (unpaired) electrons. The molecule has 31 heavy (non-hydrogen) atoms. The van der Waals surface area contributed by atoms with Crippen LogP contribution in [-0.2, 0) is 11.2 Å². The third-order valence-electron chi connectivity index (χ3n) is 4.76. The minimum atomic E-state index is -0.0177. The summed E-state index contributed by atoms with van der Waals surface area (Å²) in [6, 6.07) is 32.2. The van der Waals surface area contributed by atoms with Gasteiger partial charge in [0.1, 0.15) is 0 Å². The number of nitrogens with zero attached hydrogens (tertiary/aromatic N) is 2. The molecular weight excluding hydrogens is 402 g/mol. The fourth-order valence-corrected chi connectivity index (χ4v) is 3.86. The van der Waals surface area contributed by atoms with Crippen molar-refractivity contribution in [3.05, 3.63) is 103 Å². The first-order valence-electron chi connectivity index (χ1n) is 10.2. The number of thioether (sulfide) groups is 1. The predicted molar refractivity (Wildman–Crippen MR) is 127 cm³/mol.